The van der Waals surface area contributed by atoms with E-state index in [0.29, 0.717) is 17.7 Å². The summed E-state index contributed by atoms with van der Waals surface area (Å²) in [6.45, 7) is 0.345. The third-order valence-corrected chi connectivity index (χ3v) is 8.76. The van der Waals surface area contributed by atoms with Gasteiger partial charge in [0.05, 0.1) is 20.9 Å². The first-order valence-electron chi connectivity index (χ1n) is 11.6. The van der Waals surface area contributed by atoms with Gasteiger partial charge in [-0.25, -0.2) is 31.7 Å². The van der Waals surface area contributed by atoms with E-state index in [1.165, 1.54) is 48.5 Å². The molecule has 3 aromatic carbocycles. The number of nitrogens with one attached hydrogen (secondary N) is 4. The van der Waals surface area contributed by atoms with Gasteiger partial charge < -0.3 is 15.6 Å². The Balaban J connectivity index is 1.32. The number of benzene rings is 3. The van der Waals surface area contributed by atoms with Gasteiger partial charge in [0.15, 0.2) is 0 Å². The number of hydrogen-bond acceptors (Lipinski definition) is 7. The number of carbonyl (C=O) groups is 1. The Morgan fingerprint density at radius 1 is 0.975 bits per heavy atom. The van der Waals surface area contributed by atoms with Gasteiger partial charge in [-0.2, -0.15) is 0 Å². The molecule has 14 heteroatoms. The molecule has 0 saturated carbocycles. The summed E-state index contributed by atoms with van der Waals surface area (Å²) in [6.07, 6.45) is 0. The highest BCUT2D eigenvalue weighted by molar-refractivity contribution is 7.92. The van der Waals surface area contributed by atoms with Crippen molar-refractivity contribution < 1.29 is 17.6 Å². The number of amides is 2. The van der Waals surface area contributed by atoms with Gasteiger partial charge in [-0.3, -0.25) is 4.79 Å². The Bertz CT molecular complexity index is 1970. The quantitative estimate of drug-likeness (QED) is 0.214. The van der Waals surface area contributed by atoms with Gasteiger partial charge in [0.25, 0.3) is 15.6 Å². The molecule has 0 spiro atoms. The van der Waals surface area contributed by atoms with E-state index in [0.717, 1.165) is 21.5 Å². The fraction of sp³-hybridized carbons (Fsp3) is 0.0385. The van der Waals surface area contributed by atoms with E-state index >= 15 is 0 Å². The smallest absolute Gasteiger partial charge is 0.333 e. The van der Waals surface area contributed by atoms with Crippen molar-refractivity contribution in [1.82, 2.24) is 14.3 Å². The SMILES string of the molecule is O=C(Nc1ccc(-n2c(=O)[nH]c3cc(NCc4cccc(F)c4)ccc3c2=O)cc1)NS(=O)(=O)c1ccc(Cl)s1. The van der Waals surface area contributed by atoms with Gasteiger partial charge in [-0.1, -0.05) is 23.7 Å². The van der Waals surface area contributed by atoms with Crippen molar-refractivity contribution in [3.05, 3.63) is 115 Å². The van der Waals surface area contributed by atoms with E-state index in [9.17, 15) is 27.2 Å². The van der Waals surface area contributed by atoms with Crippen LogP contribution in [0.25, 0.3) is 16.6 Å². The molecule has 0 unspecified atom stereocenters. The number of rotatable bonds is 7. The second-order valence-corrected chi connectivity index (χ2v) is 12.1. The molecule has 0 saturated heterocycles. The molecule has 0 fully saturated rings. The highest BCUT2D eigenvalue weighted by Crippen LogP contribution is 2.25. The molecule has 0 atom stereocenters. The number of urea groups is 1. The zero-order chi connectivity index (χ0) is 28.4. The summed E-state index contributed by atoms with van der Waals surface area (Å²) in [6, 6.07) is 18.4. The molecule has 0 bridgehead atoms. The van der Waals surface area contributed by atoms with E-state index in [2.05, 4.69) is 15.6 Å². The molecule has 0 aliphatic rings. The molecule has 5 aromatic rings. The maximum atomic E-state index is 13.4. The second kappa shape index (κ2) is 11.0. The number of nitrogens with zero attached hydrogens (tertiary/aromatic N) is 1. The first-order valence-corrected chi connectivity index (χ1v) is 14.2. The van der Waals surface area contributed by atoms with Crippen molar-refractivity contribution in [3.63, 3.8) is 0 Å². The van der Waals surface area contributed by atoms with E-state index in [4.69, 9.17) is 11.6 Å². The molecule has 40 heavy (non-hydrogen) atoms. The van der Waals surface area contributed by atoms with Crippen LogP contribution in [0.2, 0.25) is 4.34 Å². The van der Waals surface area contributed by atoms with Gasteiger partial charge in [0, 0.05) is 17.9 Å². The highest BCUT2D eigenvalue weighted by Gasteiger charge is 2.20. The first-order chi connectivity index (χ1) is 19.1. The van der Waals surface area contributed by atoms with Gasteiger partial charge in [-0.15, -0.1) is 11.3 Å². The minimum atomic E-state index is -4.10. The molecule has 10 nitrogen and oxygen atoms in total. The summed E-state index contributed by atoms with van der Waals surface area (Å²) in [5.74, 6) is -0.345. The number of halogens is 2. The number of thiophene rings is 1. The second-order valence-electron chi connectivity index (χ2n) is 8.48. The number of H-pyrrole nitrogens is 1. The van der Waals surface area contributed by atoms with Crippen LogP contribution in [0.3, 0.4) is 0 Å². The summed E-state index contributed by atoms with van der Waals surface area (Å²) in [5, 5.41) is 5.78. The number of aromatic amines is 1. The zero-order valence-corrected chi connectivity index (χ0v) is 22.7. The van der Waals surface area contributed by atoms with Crippen LogP contribution in [0, 0.1) is 5.82 Å². The minimum Gasteiger partial charge on any atom is -0.381 e. The molecule has 2 amide bonds. The maximum absolute atomic E-state index is 13.4. The maximum Gasteiger partial charge on any atom is 0.333 e. The molecule has 0 aliphatic carbocycles. The molecular formula is C26H19ClFN5O5S2. The van der Waals surface area contributed by atoms with Crippen LogP contribution >= 0.6 is 22.9 Å². The highest BCUT2D eigenvalue weighted by atomic mass is 35.5. The van der Waals surface area contributed by atoms with E-state index in [-0.39, 0.29) is 31.1 Å². The third-order valence-electron chi connectivity index (χ3n) is 5.71. The van der Waals surface area contributed by atoms with E-state index in [1.807, 2.05) is 4.72 Å². The van der Waals surface area contributed by atoms with Crippen LogP contribution in [0.1, 0.15) is 5.56 Å². The van der Waals surface area contributed by atoms with Crippen molar-refractivity contribution in [2.24, 2.45) is 0 Å². The zero-order valence-electron chi connectivity index (χ0n) is 20.3. The van der Waals surface area contributed by atoms with Crippen LogP contribution in [0.5, 0.6) is 0 Å². The Kier molecular flexibility index (Phi) is 7.43. The lowest BCUT2D eigenvalue weighted by atomic mass is 10.2. The topological polar surface area (TPSA) is 142 Å². The number of sulfonamides is 1. The standard InChI is InChI=1S/C26H19ClFN5O5S2/c27-22-10-11-23(39-22)40(37,38)32-25(35)30-17-4-7-19(8-5-17)33-24(34)20-9-6-18(13-21(20)31-26(33)36)29-14-15-2-1-3-16(28)12-15/h1-13,29H,14H2,(H,31,36)(H2,30,32,35). The van der Waals surface area contributed by atoms with Gasteiger partial charge >= 0.3 is 11.7 Å². The lowest BCUT2D eigenvalue weighted by Gasteiger charge is -2.11. The average Bonchev–Trinajstić information content (AvgIpc) is 3.35. The predicted octanol–water partition coefficient (Wildman–Crippen LogP) is 4.66. The van der Waals surface area contributed by atoms with E-state index < -0.39 is 27.3 Å². The number of carbonyl (C=O) groups excluding carboxylic acids is 1. The molecular weight excluding hydrogens is 581 g/mol. The largest absolute Gasteiger partial charge is 0.381 e. The minimum absolute atomic E-state index is 0.118. The fourth-order valence-corrected chi connectivity index (χ4v) is 6.27. The monoisotopic (exact) mass is 599 g/mol. The summed E-state index contributed by atoms with van der Waals surface area (Å²) >= 11 is 6.56. The molecule has 5 rings (SSSR count). The summed E-state index contributed by atoms with van der Waals surface area (Å²) in [7, 11) is -4.10. The van der Waals surface area contributed by atoms with Crippen LogP contribution in [0.4, 0.5) is 20.6 Å². The average molecular weight is 600 g/mol. The van der Waals surface area contributed by atoms with Crippen LogP contribution < -0.4 is 26.6 Å². The third kappa shape index (κ3) is 5.91. The molecule has 2 aromatic heterocycles. The number of fused-ring (bicyclic) bond motifs is 1. The van der Waals surface area contributed by atoms with Gasteiger partial charge in [0.2, 0.25) is 0 Å². The Hall–Kier alpha value is -4.46. The van der Waals surface area contributed by atoms with Crippen molar-refractivity contribution in [3.8, 4) is 5.69 Å². The first kappa shape index (κ1) is 27.1. The van der Waals surface area contributed by atoms with Crippen LogP contribution in [-0.4, -0.2) is 24.0 Å². The van der Waals surface area contributed by atoms with Gasteiger partial charge in [-0.05, 0) is 72.3 Å². The van der Waals surface area contributed by atoms with Crippen LogP contribution in [-0.2, 0) is 16.6 Å². The fourth-order valence-electron chi connectivity index (χ4n) is 3.88. The number of anilines is 2. The van der Waals surface area contributed by atoms with Gasteiger partial charge in [0.1, 0.15) is 10.0 Å². The van der Waals surface area contributed by atoms with Crippen LogP contribution in [0.15, 0.2) is 92.7 Å². The van der Waals surface area contributed by atoms with E-state index in [1.54, 1.807) is 30.3 Å². The Labute approximate surface area is 235 Å². The Morgan fingerprint density at radius 2 is 1.73 bits per heavy atom. The molecule has 2 heterocycles. The normalized spacial score (nSPS) is 11.3. The molecule has 204 valence electrons. The number of aromatic nitrogens is 2. The Morgan fingerprint density at radius 3 is 2.42 bits per heavy atom. The molecule has 0 aliphatic heterocycles. The molecule has 0 radical (unpaired) electrons. The van der Waals surface area contributed by atoms with Crippen molar-refractivity contribution in [2.45, 2.75) is 10.8 Å². The molecule has 4 N–H and O–H groups in total. The number of hydrogen-bond donors (Lipinski definition) is 4. The summed E-state index contributed by atoms with van der Waals surface area (Å²) in [4.78, 5) is 40.9. The predicted molar refractivity (Wildman–Crippen MR) is 153 cm³/mol. The summed E-state index contributed by atoms with van der Waals surface area (Å²) in [5.41, 5.74) is 0.886. The summed E-state index contributed by atoms with van der Waals surface area (Å²) < 4.78 is 41.0. The lowest BCUT2D eigenvalue weighted by molar-refractivity contribution is 0.256. The lowest BCUT2D eigenvalue weighted by Crippen LogP contribution is -2.34. The van der Waals surface area contributed by atoms with Crippen molar-refractivity contribution in [2.75, 3.05) is 10.6 Å². The van der Waals surface area contributed by atoms with Crippen molar-refractivity contribution in [1.29, 1.82) is 0 Å². The van der Waals surface area contributed by atoms with Crippen molar-refractivity contribution >= 4 is 61.3 Å².